The van der Waals surface area contributed by atoms with Crippen LogP contribution in [0.5, 0.6) is 0 Å². The Morgan fingerprint density at radius 2 is 2.14 bits per heavy atom. The van der Waals surface area contributed by atoms with Crippen LogP contribution in [0.15, 0.2) is 33.6 Å². The maximum atomic E-state index is 12.2. The number of amidine groups is 1. The minimum absolute atomic E-state index is 0.170. The zero-order valence-electron chi connectivity index (χ0n) is 12.2. The van der Waals surface area contributed by atoms with Crippen LogP contribution in [0.4, 0.5) is 0 Å². The standard InChI is InChI=1S/C15H21N3O2S/c1-2-11-7-8-18(12(9-11)10-16)15-13-5-3-4-6-14(13)21(19,20)17-15/h3-6,11-12H,2,7-10,16H2,1H3. The molecule has 0 amide bonds. The van der Waals surface area contributed by atoms with Gasteiger partial charge in [-0.1, -0.05) is 25.5 Å². The van der Waals surface area contributed by atoms with Crippen molar-refractivity contribution in [1.82, 2.24) is 4.90 Å². The fourth-order valence-corrected chi connectivity index (χ4v) is 4.52. The molecule has 2 N–H and O–H groups in total. The van der Waals surface area contributed by atoms with E-state index in [1.54, 1.807) is 12.1 Å². The van der Waals surface area contributed by atoms with Crippen molar-refractivity contribution in [2.24, 2.45) is 16.0 Å². The first-order chi connectivity index (χ1) is 10.1. The first-order valence-corrected chi connectivity index (χ1v) is 8.92. The first-order valence-electron chi connectivity index (χ1n) is 7.48. The maximum absolute atomic E-state index is 12.2. The highest BCUT2D eigenvalue weighted by Crippen LogP contribution is 2.32. The Morgan fingerprint density at radius 3 is 2.86 bits per heavy atom. The SMILES string of the molecule is CCC1CCN(C2=NS(=O)(=O)c3ccccc32)C(CN)C1. The lowest BCUT2D eigenvalue weighted by atomic mass is 9.88. The number of hydrogen-bond acceptors (Lipinski definition) is 4. The first kappa shape index (κ1) is 14.5. The van der Waals surface area contributed by atoms with Gasteiger partial charge in [-0.2, -0.15) is 8.42 Å². The van der Waals surface area contributed by atoms with E-state index in [-0.39, 0.29) is 6.04 Å². The highest BCUT2D eigenvalue weighted by Gasteiger charge is 2.36. The summed E-state index contributed by atoms with van der Waals surface area (Å²) in [6.45, 7) is 3.54. The molecule has 2 atom stereocenters. The third kappa shape index (κ3) is 2.46. The van der Waals surface area contributed by atoms with E-state index >= 15 is 0 Å². The Bertz CT molecular complexity index is 669. The molecule has 5 nitrogen and oxygen atoms in total. The summed E-state index contributed by atoms with van der Waals surface area (Å²) in [7, 11) is -3.55. The molecule has 3 rings (SSSR count). The quantitative estimate of drug-likeness (QED) is 0.900. The molecule has 0 aromatic heterocycles. The highest BCUT2D eigenvalue weighted by molar-refractivity contribution is 7.90. The van der Waals surface area contributed by atoms with Crippen molar-refractivity contribution in [3.63, 3.8) is 0 Å². The fourth-order valence-electron chi connectivity index (χ4n) is 3.30. The summed E-state index contributed by atoms with van der Waals surface area (Å²) in [6, 6.07) is 7.21. The van der Waals surface area contributed by atoms with Crippen LogP contribution in [0.25, 0.3) is 0 Å². The van der Waals surface area contributed by atoms with Gasteiger partial charge in [-0.15, -0.1) is 4.40 Å². The van der Waals surface area contributed by atoms with Gasteiger partial charge in [0.05, 0.1) is 0 Å². The van der Waals surface area contributed by atoms with Crippen LogP contribution in [0.2, 0.25) is 0 Å². The van der Waals surface area contributed by atoms with Crippen molar-refractivity contribution >= 4 is 15.9 Å². The van der Waals surface area contributed by atoms with E-state index in [4.69, 9.17) is 5.73 Å². The number of sulfonamides is 1. The van der Waals surface area contributed by atoms with E-state index in [2.05, 4.69) is 16.2 Å². The molecule has 0 aliphatic carbocycles. The van der Waals surface area contributed by atoms with Crippen molar-refractivity contribution in [2.45, 2.75) is 37.1 Å². The Hall–Kier alpha value is -1.40. The lowest BCUT2D eigenvalue weighted by molar-refractivity contribution is 0.188. The van der Waals surface area contributed by atoms with Gasteiger partial charge in [-0.3, -0.25) is 0 Å². The normalized spacial score (nSPS) is 27.3. The van der Waals surface area contributed by atoms with E-state index in [9.17, 15) is 8.42 Å². The molecule has 0 radical (unpaired) electrons. The number of nitrogens with zero attached hydrogens (tertiary/aromatic N) is 2. The molecule has 1 aromatic carbocycles. The lowest BCUT2D eigenvalue weighted by Crippen LogP contribution is -2.49. The van der Waals surface area contributed by atoms with Crippen LogP contribution < -0.4 is 5.73 Å². The Kier molecular flexibility index (Phi) is 3.75. The number of benzene rings is 1. The number of piperidine rings is 1. The van der Waals surface area contributed by atoms with Gasteiger partial charge >= 0.3 is 0 Å². The van der Waals surface area contributed by atoms with Crippen molar-refractivity contribution in [2.75, 3.05) is 13.1 Å². The summed E-state index contributed by atoms with van der Waals surface area (Å²) in [5, 5.41) is 0. The van der Waals surface area contributed by atoms with Crippen LogP contribution in [0.3, 0.4) is 0 Å². The van der Waals surface area contributed by atoms with Gasteiger partial charge in [-0.25, -0.2) is 0 Å². The second-order valence-corrected chi connectivity index (χ2v) is 7.34. The molecule has 2 heterocycles. The van der Waals surface area contributed by atoms with Crippen molar-refractivity contribution in [3.8, 4) is 0 Å². The molecule has 2 aliphatic rings. The summed E-state index contributed by atoms with van der Waals surface area (Å²) in [5.74, 6) is 1.25. The number of likely N-dealkylation sites (tertiary alicyclic amines) is 1. The highest BCUT2D eigenvalue weighted by atomic mass is 32.2. The van der Waals surface area contributed by atoms with E-state index < -0.39 is 10.0 Å². The Labute approximate surface area is 125 Å². The van der Waals surface area contributed by atoms with Gasteiger partial charge < -0.3 is 10.6 Å². The molecule has 0 saturated carbocycles. The monoisotopic (exact) mass is 307 g/mol. The van der Waals surface area contributed by atoms with Gasteiger partial charge in [0.1, 0.15) is 4.90 Å². The number of nitrogens with two attached hydrogens (primary N) is 1. The molecular formula is C15H21N3O2S. The largest absolute Gasteiger partial charge is 0.351 e. The average molecular weight is 307 g/mol. The van der Waals surface area contributed by atoms with Gasteiger partial charge in [0.25, 0.3) is 10.0 Å². The lowest BCUT2D eigenvalue weighted by Gasteiger charge is -2.40. The molecule has 0 bridgehead atoms. The van der Waals surface area contributed by atoms with E-state index in [0.29, 0.717) is 28.8 Å². The van der Waals surface area contributed by atoms with Gasteiger partial charge in [0.15, 0.2) is 5.84 Å². The number of hydrogen-bond donors (Lipinski definition) is 1. The minimum atomic E-state index is -3.55. The van der Waals surface area contributed by atoms with Crippen molar-refractivity contribution < 1.29 is 8.42 Å². The van der Waals surface area contributed by atoms with Gasteiger partial charge in [-0.05, 0) is 30.9 Å². The zero-order chi connectivity index (χ0) is 15.0. The third-order valence-corrected chi connectivity index (χ3v) is 5.88. The van der Waals surface area contributed by atoms with Crippen molar-refractivity contribution in [3.05, 3.63) is 29.8 Å². The van der Waals surface area contributed by atoms with Crippen LogP contribution in [0, 0.1) is 5.92 Å². The van der Waals surface area contributed by atoms with E-state index in [1.165, 1.54) is 0 Å². The van der Waals surface area contributed by atoms with E-state index in [1.807, 2.05) is 12.1 Å². The van der Waals surface area contributed by atoms with Gasteiger partial charge in [0, 0.05) is 24.7 Å². The predicted octanol–water partition coefficient (Wildman–Crippen LogP) is 1.58. The molecule has 2 unspecified atom stereocenters. The Balaban J connectivity index is 1.98. The molecule has 1 aromatic rings. The number of rotatable bonds is 2. The molecule has 21 heavy (non-hydrogen) atoms. The van der Waals surface area contributed by atoms with Gasteiger partial charge in [0.2, 0.25) is 0 Å². The van der Waals surface area contributed by atoms with Crippen molar-refractivity contribution in [1.29, 1.82) is 0 Å². The Morgan fingerprint density at radius 1 is 1.38 bits per heavy atom. The summed E-state index contributed by atoms with van der Waals surface area (Å²) >= 11 is 0. The second-order valence-electron chi connectivity index (χ2n) is 5.77. The second kappa shape index (κ2) is 5.42. The maximum Gasteiger partial charge on any atom is 0.285 e. The molecule has 6 heteroatoms. The molecule has 0 spiro atoms. The molecular weight excluding hydrogens is 286 g/mol. The zero-order valence-corrected chi connectivity index (χ0v) is 13.0. The summed E-state index contributed by atoms with van der Waals surface area (Å²) < 4.78 is 28.4. The van der Waals surface area contributed by atoms with Crippen LogP contribution in [-0.4, -0.2) is 38.3 Å². The smallest absolute Gasteiger partial charge is 0.285 e. The molecule has 1 saturated heterocycles. The predicted molar refractivity (Wildman–Crippen MR) is 82.7 cm³/mol. The summed E-state index contributed by atoms with van der Waals surface area (Å²) in [5.41, 5.74) is 6.63. The summed E-state index contributed by atoms with van der Waals surface area (Å²) in [4.78, 5) is 2.41. The summed E-state index contributed by atoms with van der Waals surface area (Å²) in [6.07, 6.45) is 3.22. The van der Waals surface area contributed by atoms with Crippen LogP contribution in [0.1, 0.15) is 31.7 Å². The minimum Gasteiger partial charge on any atom is -0.351 e. The van der Waals surface area contributed by atoms with Crippen LogP contribution >= 0.6 is 0 Å². The number of fused-ring (bicyclic) bond motifs is 1. The molecule has 1 fully saturated rings. The fraction of sp³-hybridized carbons (Fsp3) is 0.533. The molecule has 114 valence electrons. The van der Waals surface area contributed by atoms with Crippen LogP contribution in [-0.2, 0) is 10.0 Å². The molecule has 2 aliphatic heterocycles. The van der Waals surface area contributed by atoms with E-state index in [0.717, 1.165) is 25.8 Å². The topological polar surface area (TPSA) is 75.8 Å². The average Bonchev–Trinajstić information content (AvgIpc) is 2.78. The third-order valence-electron chi connectivity index (χ3n) is 4.56.